The maximum atomic E-state index is 11.9. The number of rotatable bonds is 8. The average Bonchev–Trinajstić information content (AvgIpc) is 3.18. The normalized spacial score (nSPS) is 16.0. The molecule has 1 aromatic carbocycles. The number of carbonyl (C=O) groups excluding carboxylic acids is 1. The second-order valence-corrected chi connectivity index (χ2v) is 8.54. The van der Waals surface area contributed by atoms with Crippen LogP contribution in [-0.2, 0) is 4.79 Å². The summed E-state index contributed by atoms with van der Waals surface area (Å²) >= 11 is 3.62. The predicted octanol–water partition coefficient (Wildman–Crippen LogP) is 4.23. The Labute approximate surface area is 158 Å². The molecule has 3 rings (SSSR count). The van der Waals surface area contributed by atoms with Crippen molar-refractivity contribution in [2.45, 2.75) is 30.1 Å². The summed E-state index contributed by atoms with van der Waals surface area (Å²) < 4.78 is 0. The zero-order chi connectivity index (χ0) is 17.3. The molecule has 2 heterocycles. The molecule has 2 aromatic rings. The first-order valence-electron chi connectivity index (χ1n) is 9.01. The Hall–Kier alpha value is -1.30. The van der Waals surface area contributed by atoms with Crippen molar-refractivity contribution in [3.8, 4) is 0 Å². The first kappa shape index (κ1) is 18.5. The first-order valence-corrected chi connectivity index (χ1v) is 10.9. The third-order valence-corrected chi connectivity index (χ3v) is 6.67. The maximum Gasteiger partial charge on any atom is 0.220 e. The second kappa shape index (κ2) is 10.00. The molecule has 1 saturated heterocycles. The minimum atomic E-state index is 0.164. The number of hydrogen-bond donors (Lipinski definition) is 1. The lowest BCUT2D eigenvalue weighted by Crippen LogP contribution is -2.39. The molecule has 0 unspecified atom stereocenters. The molecule has 0 atom stereocenters. The lowest BCUT2D eigenvalue weighted by Gasteiger charge is -2.31. The zero-order valence-corrected chi connectivity index (χ0v) is 16.2. The highest BCUT2D eigenvalue weighted by atomic mass is 32.2. The van der Waals surface area contributed by atoms with Gasteiger partial charge in [0.25, 0.3) is 0 Å². The number of nitrogens with one attached hydrogen (secondary N) is 1. The summed E-state index contributed by atoms with van der Waals surface area (Å²) in [6.07, 6.45) is 3.06. The van der Waals surface area contributed by atoms with Gasteiger partial charge < -0.3 is 10.2 Å². The fourth-order valence-electron chi connectivity index (χ4n) is 3.18. The van der Waals surface area contributed by atoms with E-state index in [-0.39, 0.29) is 5.91 Å². The lowest BCUT2D eigenvalue weighted by molar-refractivity contribution is -0.120. The summed E-state index contributed by atoms with van der Waals surface area (Å²) in [6.45, 7) is 4.01. The largest absolute Gasteiger partial charge is 0.355 e. The summed E-state index contributed by atoms with van der Waals surface area (Å²) in [5, 5.41) is 5.24. The molecule has 0 bridgehead atoms. The Morgan fingerprint density at radius 1 is 1.16 bits per heavy atom. The predicted molar refractivity (Wildman–Crippen MR) is 108 cm³/mol. The van der Waals surface area contributed by atoms with E-state index in [9.17, 15) is 4.79 Å². The van der Waals surface area contributed by atoms with Crippen molar-refractivity contribution in [3.63, 3.8) is 0 Å². The molecule has 0 aliphatic carbocycles. The Morgan fingerprint density at radius 3 is 2.68 bits per heavy atom. The molecule has 1 aromatic heterocycles. The Balaban J connectivity index is 1.25. The third kappa shape index (κ3) is 6.17. The van der Waals surface area contributed by atoms with Gasteiger partial charge in [-0.15, -0.1) is 23.1 Å². The van der Waals surface area contributed by atoms with E-state index in [1.165, 1.54) is 22.6 Å². The van der Waals surface area contributed by atoms with E-state index in [1.54, 1.807) is 11.8 Å². The maximum absolute atomic E-state index is 11.9. The van der Waals surface area contributed by atoms with E-state index in [2.05, 4.69) is 39.9 Å². The van der Waals surface area contributed by atoms with Gasteiger partial charge in [0, 0.05) is 35.0 Å². The van der Waals surface area contributed by atoms with E-state index < -0.39 is 0 Å². The fourth-order valence-corrected chi connectivity index (χ4v) is 4.96. The molecule has 0 saturated carbocycles. The highest BCUT2D eigenvalue weighted by Gasteiger charge is 2.20. The molecule has 3 nitrogen and oxygen atoms in total. The number of amides is 1. The fraction of sp³-hybridized carbons (Fsp3) is 0.450. The van der Waals surface area contributed by atoms with Gasteiger partial charge in [0.1, 0.15) is 0 Å². The van der Waals surface area contributed by atoms with Crippen molar-refractivity contribution in [3.05, 3.63) is 52.7 Å². The number of carbonyl (C=O) groups is 1. The first-order chi connectivity index (χ1) is 12.3. The topological polar surface area (TPSA) is 32.3 Å². The Morgan fingerprint density at radius 2 is 1.96 bits per heavy atom. The molecule has 1 N–H and O–H groups in total. The van der Waals surface area contributed by atoms with Crippen LogP contribution in [0.5, 0.6) is 0 Å². The summed E-state index contributed by atoms with van der Waals surface area (Å²) in [4.78, 5) is 17.2. The molecule has 1 aliphatic rings. The van der Waals surface area contributed by atoms with Crippen LogP contribution in [0.3, 0.4) is 0 Å². The van der Waals surface area contributed by atoms with Gasteiger partial charge in [-0.1, -0.05) is 24.3 Å². The van der Waals surface area contributed by atoms with Gasteiger partial charge in [0.15, 0.2) is 0 Å². The number of hydrogen-bond acceptors (Lipinski definition) is 4. The molecule has 1 amide bonds. The standard InChI is InChI=1S/C20H26N2OS2/c23-20(10-16-24-18-5-2-1-3-6-18)21-11-14-22-12-8-17(9-13-22)19-7-4-15-25-19/h1-7,15,17H,8-14,16H2,(H,21,23). The SMILES string of the molecule is O=C(CCSc1ccccc1)NCCN1CCC(c2cccs2)CC1. The van der Waals surface area contributed by atoms with E-state index in [1.807, 2.05) is 29.5 Å². The minimum Gasteiger partial charge on any atom is -0.355 e. The molecule has 0 spiro atoms. The van der Waals surface area contributed by atoms with Crippen LogP contribution >= 0.6 is 23.1 Å². The summed E-state index contributed by atoms with van der Waals surface area (Å²) in [5.41, 5.74) is 0. The number of thiophene rings is 1. The van der Waals surface area contributed by atoms with Crippen molar-refractivity contribution in [1.29, 1.82) is 0 Å². The second-order valence-electron chi connectivity index (χ2n) is 6.39. The van der Waals surface area contributed by atoms with Crippen molar-refractivity contribution >= 4 is 29.0 Å². The average molecular weight is 375 g/mol. The van der Waals surface area contributed by atoms with Crippen LogP contribution in [0, 0.1) is 0 Å². The summed E-state index contributed by atoms with van der Waals surface area (Å²) in [6, 6.07) is 14.7. The van der Waals surface area contributed by atoms with Gasteiger partial charge in [0.05, 0.1) is 0 Å². The molecule has 5 heteroatoms. The van der Waals surface area contributed by atoms with E-state index >= 15 is 0 Å². The molecular formula is C20H26N2OS2. The van der Waals surface area contributed by atoms with Crippen LogP contribution in [0.25, 0.3) is 0 Å². The van der Waals surface area contributed by atoms with Gasteiger partial charge >= 0.3 is 0 Å². The molecule has 1 fully saturated rings. The van der Waals surface area contributed by atoms with Crippen molar-refractivity contribution in [2.24, 2.45) is 0 Å². The van der Waals surface area contributed by atoms with Crippen LogP contribution in [-0.4, -0.2) is 42.7 Å². The monoisotopic (exact) mass is 374 g/mol. The van der Waals surface area contributed by atoms with Crippen LogP contribution in [0.1, 0.15) is 30.1 Å². The van der Waals surface area contributed by atoms with Gasteiger partial charge in [-0.3, -0.25) is 4.79 Å². The van der Waals surface area contributed by atoms with Gasteiger partial charge in [0.2, 0.25) is 5.91 Å². The van der Waals surface area contributed by atoms with E-state index in [0.29, 0.717) is 6.42 Å². The quantitative estimate of drug-likeness (QED) is 0.702. The van der Waals surface area contributed by atoms with Crippen LogP contribution in [0.2, 0.25) is 0 Å². The van der Waals surface area contributed by atoms with Crippen LogP contribution in [0.4, 0.5) is 0 Å². The van der Waals surface area contributed by atoms with Crippen molar-refractivity contribution in [2.75, 3.05) is 31.9 Å². The van der Waals surface area contributed by atoms with Crippen molar-refractivity contribution in [1.82, 2.24) is 10.2 Å². The van der Waals surface area contributed by atoms with Crippen LogP contribution < -0.4 is 5.32 Å². The van der Waals surface area contributed by atoms with Crippen molar-refractivity contribution < 1.29 is 4.79 Å². The lowest BCUT2D eigenvalue weighted by atomic mass is 9.95. The van der Waals surface area contributed by atoms with Gasteiger partial charge in [-0.05, 0) is 55.4 Å². The molecule has 1 aliphatic heterocycles. The van der Waals surface area contributed by atoms with Crippen LogP contribution in [0.15, 0.2) is 52.7 Å². The molecule has 134 valence electrons. The van der Waals surface area contributed by atoms with Gasteiger partial charge in [-0.2, -0.15) is 0 Å². The highest BCUT2D eigenvalue weighted by Crippen LogP contribution is 2.30. The highest BCUT2D eigenvalue weighted by molar-refractivity contribution is 7.99. The summed E-state index contributed by atoms with van der Waals surface area (Å²) in [7, 11) is 0. The zero-order valence-electron chi connectivity index (χ0n) is 14.5. The molecular weight excluding hydrogens is 348 g/mol. The number of thioether (sulfide) groups is 1. The van der Waals surface area contributed by atoms with E-state index in [4.69, 9.17) is 0 Å². The molecule has 0 radical (unpaired) electrons. The number of benzene rings is 1. The van der Waals surface area contributed by atoms with E-state index in [0.717, 1.165) is 37.8 Å². The number of nitrogens with zero attached hydrogens (tertiary/aromatic N) is 1. The molecule has 25 heavy (non-hydrogen) atoms. The Bertz CT molecular complexity index is 622. The van der Waals surface area contributed by atoms with Gasteiger partial charge in [-0.25, -0.2) is 0 Å². The number of piperidine rings is 1. The summed E-state index contributed by atoms with van der Waals surface area (Å²) in [5.74, 6) is 1.74. The Kier molecular flexibility index (Phi) is 7.39. The minimum absolute atomic E-state index is 0.164. The smallest absolute Gasteiger partial charge is 0.220 e. The number of likely N-dealkylation sites (tertiary alicyclic amines) is 1. The third-order valence-electron chi connectivity index (χ3n) is 4.62.